The van der Waals surface area contributed by atoms with Crippen molar-refractivity contribution in [2.45, 2.75) is 6.92 Å². The minimum absolute atomic E-state index is 0.243. The molecule has 3 rings (SSSR count). The van der Waals surface area contributed by atoms with Gasteiger partial charge in [-0.1, -0.05) is 76.1 Å². The van der Waals surface area contributed by atoms with Crippen LogP contribution in [0.15, 0.2) is 88.4 Å². The van der Waals surface area contributed by atoms with Crippen molar-refractivity contribution >= 4 is 27.5 Å². The molecule has 3 nitrogen and oxygen atoms in total. The average molecular weight is 393 g/mol. The van der Waals surface area contributed by atoms with Crippen LogP contribution < -0.4 is 5.43 Å². The fraction of sp³-hybridized carbons (Fsp3) is 0.0476. The maximum Gasteiger partial charge on any atom is 0.271 e. The number of rotatable bonds is 4. The lowest BCUT2D eigenvalue weighted by Gasteiger charge is -2.08. The summed E-state index contributed by atoms with van der Waals surface area (Å²) < 4.78 is 0.928. The lowest BCUT2D eigenvalue weighted by Crippen LogP contribution is -2.20. The largest absolute Gasteiger partial charge is 0.271 e. The van der Waals surface area contributed by atoms with E-state index in [0.717, 1.165) is 21.3 Å². The van der Waals surface area contributed by atoms with Gasteiger partial charge in [-0.15, -0.1) is 0 Å². The summed E-state index contributed by atoms with van der Waals surface area (Å²) in [5.74, 6) is -0.243. The lowest BCUT2D eigenvalue weighted by atomic mass is 10.0. The van der Waals surface area contributed by atoms with E-state index in [9.17, 15) is 4.79 Å². The Hall–Kier alpha value is -2.72. The molecule has 0 saturated carbocycles. The van der Waals surface area contributed by atoms with Crippen molar-refractivity contribution in [2.75, 3.05) is 0 Å². The Morgan fingerprint density at radius 2 is 1.36 bits per heavy atom. The van der Waals surface area contributed by atoms with Crippen LogP contribution >= 0.6 is 15.9 Å². The summed E-state index contributed by atoms with van der Waals surface area (Å²) in [5, 5.41) is 4.40. The second kappa shape index (κ2) is 7.90. The molecule has 1 N–H and O–H groups in total. The van der Waals surface area contributed by atoms with Gasteiger partial charge >= 0.3 is 0 Å². The van der Waals surface area contributed by atoms with Gasteiger partial charge in [0.1, 0.15) is 0 Å². The van der Waals surface area contributed by atoms with Gasteiger partial charge in [0.05, 0.1) is 5.71 Å². The highest BCUT2D eigenvalue weighted by molar-refractivity contribution is 9.10. The Morgan fingerprint density at radius 1 is 0.800 bits per heavy atom. The number of aryl methyl sites for hydroxylation is 1. The number of benzene rings is 3. The fourth-order valence-corrected chi connectivity index (χ4v) is 2.64. The van der Waals surface area contributed by atoms with Crippen LogP contribution in [0.1, 0.15) is 27.0 Å². The first-order valence-corrected chi connectivity index (χ1v) is 8.69. The Labute approximate surface area is 155 Å². The van der Waals surface area contributed by atoms with E-state index in [2.05, 4.69) is 26.5 Å². The van der Waals surface area contributed by atoms with Crippen LogP contribution in [0.4, 0.5) is 0 Å². The zero-order valence-electron chi connectivity index (χ0n) is 13.7. The molecular formula is C21H17BrN2O. The summed E-state index contributed by atoms with van der Waals surface area (Å²) >= 11 is 3.36. The van der Waals surface area contributed by atoms with E-state index in [1.807, 2.05) is 73.7 Å². The fourth-order valence-electron chi connectivity index (χ4n) is 2.38. The van der Waals surface area contributed by atoms with E-state index >= 15 is 0 Å². The van der Waals surface area contributed by atoms with Crippen molar-refractivity contribution in [1.29, 1.82) is 0 Å². The molecule has 0 heterocycles. The van der Waals surface area contributed by atoms with Crippen molar-refractivity contribution < 1.29 is 4.79 Å². The normalized spacial score (nSPS) is 11.2. The Morgan fingerprint density at radius 3 is 2.00 bits per heavy atom. The first-order chi connectivity index (χ1) is 12.1. The van der Waals surface area contributed by atoms with Crippen molar-refractivity contribution in [3.63, 3.8) is 0 Å². The number of hydrazone groups is 1. The van der Waals surface area contributed by atoms with E-state index in [1.54, 1.807) is 12.1 Å². The van der Waals surface area contributed by atoms with Crippen LogP contribution in [-0.2, 0) is 0 Å². The van der Waals surface area contributed by atoms with Crippen molar-refractivity contribution in [1.82, 2.24) is 5.43 Å². The van der Waals surface area contributed by atoms with Gasteiger partial charge in [0.2, 0.25) is 0 Å². The third-order valence-corrected chi connectivity index (χ3v) is 4.28. The minimum Gasteiger partial charge on any atom is -0.267 e. The minimum atomic E-state index is -0.243. The molecule has 0 bridgehead atoms. The lowest BCUT2D eigenvalue weighted by molar-refractivity contribution is 0.0955. The molecule has 0 aliphatic carbocycles. The van der Waals surface area contributed by atoms with Gasteiger partial charge in [-0.25, -0.2) is 5.43 Å². The Bertz CT molecular complexity index is 885. The van der Waals surface area contributed by atoms with Crippen LogP contribution in [0.5, 0.6) is 0 Å². The summed E-state index contributed by atoms with van der Waals surface area (Å²) in [6, 6.07) is 25.1. The number of halogens is 1. The molecule has 0 aliphatic rings. The van der Waals surface area contributed by atoms with Gasteiger partial charge in [-0.05, 0) is 31.2 Å². The number of nitrogens with one attached hydrogen (secondary N) is 1. The number of amides is 1. The topological polar surface area (TPSA) is 41.5 Å². The van der Waals surface area contributed by atoms with Crippen LogP contribution in [0.3, 0.4) is 0 Å². The second-order valence-corrected chi connectivity index (χ2v) is 6.56. The summed E-state index contributed by atoms with van der Waals surface area (Å²) in [7, 11) is 0. The molecule has 124 valence electrons. The molecule has 3 aromatic rings. The quantitative estimate of drug-likeness (QED) is 0.495. The molecule has 4 heteroatoms. The monoisotopic (exact) mass is 392 g/mol. The number of carbonyl (C=O) groups excluding carboxylic acids is 1. The summed E-state index contributed by atoms with van der Waals surface area (Å²) in [6.45, 7) is 2.04. The molecule has 0 spiro atoms. The summed E-state index contributed by atoms with van der Waals surface area (Å²) in [6.07, 6.45) is 0. The Balaban J connectivity index is 1.91. The van der Waals surface area contributed by atoms with E-state index in [-0.39, 0.29) is 5.91 Å². The third kappa shape index (κ3) is 4.43. The van der Waals surface area contributed by atoms with Crippen LogP contribution in [0.25, 0.3) is 0 Å². The molecule has 0 radical (unpaired) electrons. The second-order valence-electron chi connectivity index (χ2n) is 5.64. The van der Waals surface area contributed by atoms with Gasteiger partial charge in [-0.3, -0.25) is 4.79 Å². The smallest absolute Gasteiger partial charge is 0.267 e. The van der Waals surface area contributed by atoms with Crippen LogP contribution in [0.2, 0.25) is 0 Å². The predicted molar refractivity (Wildman–Crippen MR) is 105 cm³/mol. The first-order valence-electron chi connectivity index (χ1n) is 7.89. The van der Waals surface area contributed by atoms with Crippen molar-refractivity contribution in [3.05, 3.63) is 106 Å². The molecule has 1 amide bonds. The highest BCUT2D eigenvalue weighted by Gasteiger charge is 2.09. The third-order valence-electron chi connectivity index (χ3n) is 3.75. The van der Waals surface area contributed by atoms with Crippen LogP contribution in [-0.4, -0.2) is 11.6 Å². The summed E-state index contributed by atoms with van der Waals surface area (Å²) in [5.41, 5.74) is 7.02. The maximum atomic E-state index is 12.3. The number of hydrogen-bond donors (Lipinski definition) is 1. The Kier molecular flexibility index (Phi) is 5.41. The molecule has 0 aromatic heterocycles. The highest BCUT2D eigenvalue weighted by atomic mass is 79.9. The van der Waals surface area contributed by atoms with Crippen molar-refractivity contribution in [2.24, 2.45) is 5.10 Å². The van der Waals surface area contributed by atoms with Crippen LogP contribution in [0, 0.1) is 6.92 Å². The molecule has 0 aliphatic heterocycles. The zero-order valence-corrected chi connectivity index (χ0v) is 15.3. The van der Waals surface area contributed by atoms with Gasteiger partial charge in [0, 0.05) is 21.2 Å². The predicted octanol–water partition coefficient (Wildman–Crippen LogP) is 4.94. The molecular weight excluding hydrogens is 376 g/mol. The van der Waals surface area contributed by atoms with E-state index in [0.29, 0.717) is 5.56 Å². The van der Waals surface area contributed by atoms with Gasteiger partial charge in [0.15, 0.2) is 0 Å². The van der Waals surface area contributed by atoms with Gasteiger partial charge in [0.25, 0.3) is 5.91 Å². The summed E-state index contributed by atoms with van der Waals surface area (Å²) in [4.78, 5) is 12.3. The van der Waals surface area contributed by atoms with Gasteiger partial charge < -0.3 is 0 Å². The maximum absolute atomic E-state index is 12.3. The first kappa shape index (κ1) is 17.1. The molecule has 0 atom stereocenters. The van der Waals surface area contributed by atoms with E-state index < -0.39 is 0 Å². The van der Waals surface area contributed by atoms with Crippen molar-refractivity contribution in [3.8, 4) is 0 Å². The molecule has 0 unspecified atom stereocenters. The number of carbonyl (C=O) groups is 1. The number of hydrogen-bond acceptors (Lipinski definition) is 2. The average Bonchev–Trinajstić information content (AvgIpc) is 2.64. The standard InChI is InChI=1S/C21H17BrN2O/c1-15-7-9-17(10-8-15)20(16-5-3-2-4-6-16)23-24-21(25)18-11-13-19(22)14-12-18/h2-14H,1H3,(H,24,25). The number of nitrogens with zero attached hydrogens (tertiary/aromatic N) is 1. The molecule has 0 fully saturated rings. The van der Waals surface area contributed by atoms with Gasteiger partial charge in [-0.2, -0.15) is 5.10 Å². The molecule has 0 saturated heterocycles. The van der Waals surface area contributed by atoms with E-state index in [4.69, 9.17) is 0 Å². The zero-order chi connectivity index (χ0) is 17.6. The molecule has 3 aromatic carbocycles. The SMILES string of the molecule is Cc1ccc(C(=NNC(=O)c2ccc(Br)cc2)c2ccccc2)cc1. The molecule has 25 heavy (non-hydrogen) atoms. The van der Waals surface area contributed by atoms with E-state index in [1.165, 1.54) is 5.56 Å². The highest BCUT2D eigenvalue weighted by Crippen LogP contribution is 2.13.